The van der Waals surface area contributed by atoms with E-state index in [2.05, 4.69) is 0 Å². The Morgan fingerprint density at radius 2 is 1.80 bits per heavy atom. The van der Waals surface area contributed by atoms with Gasteiger partial charge in [0.05, 0.1) is 5.69 Å². The zero-order chi connectivity index (χ0) is 14.1. The van der Waals surface area contributed by atoms with Crippen molar-refractivity contribution >= 4 is 17.3 Å². The molecule has 0 radical (unpaired) electrons. The van der Waals surface area contributed by atoms with Gasteiger partial charge >= 0.3 is 0 Å². The first-order valence-electron chi connectivity index (χ1n) is 6.26. The van der Waals surface area contributed by atoms with Gasteiger partial charge < -0.3 is 19.9 Å². The van der Waals surface area contributed by atoms with E-state index in [-0.39, 0.29) is 0 Å². The zero-order valence-corrected chi connectivity index (χ0v) is 11.7. The molecule has 4 nitrogen and oxygen atoms in total. The second-order valence-electron chi connectivity index (χ2n) is 4.55. The van der Waals surface area contributed by atoms with Crippen molar-refractivity contribution in [2.45, 2.75) is 6.92 Å². The minimum absolute atomic E-state index is 0.502. The maximum atomic E-state index is 5.99. The highest BCUT2D eigenvalue weighted by Gasteiger charge is 2.16. The first kappa shape index (κ1) is 12.9. The van der Waals surface area contributed by atoms with E-state index in [1.165, 1.54) is 0 Å². The number of benzene rings is 2. The lowest BCUT2D eigenvalue weighted by molar-refractivity contribution is 0.171. The maximum Gasteiger partial charge on any atom is 0.165 e. The molecule has 1 aliphatic rings. The summed E-state index contributed by atoms with van der Waals surface area (Å²) in [5.41, 5.74) is 7.42. The van der Waals surface area contributed by atoms with E-state index in [4.69, 9.17) is 31.5 Å². The molecule has 0 fully saturated rings. The number of fused-ring (bicyclic) bond motifs is 1. The molecule has 0 saturated heterocycles. The topological polar surface area (TPSA) is 53.7 Å². The summed E-state index contributed by atoms with van der Waals surface area (Å²) < 4.78 is 16.8. The SMILES string of the molecule is Cc1cc(Oc2cc3c(cc2N)OCCO3)ccc1Cl. The van der Waals surface area contributed by atoms with Crippen molar-refractivity contribution in [3.8, 4) is 23.0 Å². The van der Waals surface area contributed by atoms with Gasteiger partial charge in [-0.2, -0.15) is 0 Å². The molecular weight excluding hydrogens is 278 g/mol. The molecular formula is C15H14ClNO3. The minimum atomic E-state index is 0.502. The van der Waals surface area contributed by atoms with Crippen LogP contribution in [0.15, 0.2) is 30.3 Å². The lowest BCUT2D eigenvalue weighted by Crippen LogP contribution is -2.15. The Balaban J connectivity index is 1.92. The van der Waals surface area contributed by atoms with E-state index in [9.17, 15) is 0 Å². The smallest absolute Gasteiger partial charge is 0.165 e. The van der Waals surface area contributed by atoms with Gasteiger partial charge in [-0.1, -0.05) is 11.6 Å². The summed E-state index contributed by atoms with van der Waals surface area (Å²) in [6.45, 7) is 2.97. The summed E-state index contributed by atoms with van der Waals surface area (Å²) in [5.74, 6) is 2.51. The molecule has 2 N–H and O–H groups in total. The van der Waals surface area contributed by atoms with Gasteiger partial charge in [-0.15, -0.1) is 0 Å². The van der Waals surface area contributed by atoms with Crippen molar-refractivity contribution in [2.75, 3.05) is 18.9 Å². The third-order valence-corrected chi connectivity index (χ3v) is 3.46. The van der Waals surface area contributed by atoms with E-state index in [1.54, 1.807) is 24.3 Å². The molecule has 2 aromatic carbocycles. The largest absolute Gasteiger partial charge is 0.486 e. The van der Waals surface area contributed by atoms with Gasteiger partial charge in [-0.25, -0.2) is 0 Å². The van der Waals surface area contributed by atoms with Crippen molar-refractivity contribution in [3.05, 3.63) is 40.9 Å². The number of halogens is 1. The van der Waals surface area contributed by atoms with Crippen LogP contribution in [0, 0.1) is 6.92 Å². The fourth-order valence-electron chi connectivity index (χ4n) is 1.98. The van der Waals surface area contributed by atoms with Gasteiger partial charge in [-0.3, -0.25) is 0 Å². The van der Waals surface area contributed by atoms with Crippen LogP contribution < -0.4 is 19.9 Å². The Kier molecular flexibility index (Phi) is 3.32. The van der Waals surface area contributed by atoms with Gasteiger partial charge in [0.15, 0.2) is 17.2 Å². The van der Waals surface area contributed by atoms with Gasteiger partial charge in [0.25, 0.3) is 0 Å². The summed E-state index contributed by atoms with van der Waals surface area (Å²) >= 11 is 5.99. The highest BCUT2D eigenvalue weighted by Crippen LogP contribution is 2.40. The molecule has 0 aromatic heterocycles. The second-order valence-corrected chi connectivity index (χ2v) is 4.95. The number of rotatable bonds is 2. The van der Waals surface area contributed by atoms with Crippen LogP contribution in [-0.4, -0.2) is 13.2 Å². The molecule has 0 unspecified atom stereocenters. The molecule has 1 heterocycles. The fourth-order valence-corrected chi connectivity index (χ4v) is 2.10. The maximum absolute atomic E-state index is 5.99. The molecule has 0 atom stereocenters. The first-order valence-corrected chi connectivity index (χ1v) is 6.64. The van der Waals surface area contributed by atoms with Crippen LogP contribution in [0.1, 0.15) is 5.56 Å². The molecule has 5 heteroatoms. The standard InChI is InChI=1S/C15H14ClNO3/c1-9-6-10(2-3-11(9)16)20-13-8-15-14(7-12(13)17)18-4-5-19-15/h2-3,6-8H,4-5,17H2,1H3. The summed E-state index contributed by atoms with van der Waals surface area (Å²) in [5, 5.41) is 0.701. The van der Waals surface area contributed by atoms with Crippen molar-refractivity contribution in [2.24, 2.45) is 0 Å². The Morgan fingerprint density at radius 3 is 2.50 bits per heavy atom. The third-order valence-electron chi connectivity index (χ3n) is 3.03. The van der Waals surface area contributed by atoms with E-state index >= 15 is 0 Å². The number of nitrogen functional groups attached to an aromatic ring is 1. The fraction of sp³-hybridized carbons (Fsp3) is 0.200. The molecule has 0 amide bonds. The molecule has 0 spiro atoms. The summed E-state index contributed by atoms with van der Waals surface area (Å²) in [7, 11) is 0. The van der Waals surface area contributed by atoms with Crippen molar-refractivity contribution in [1.82, 2.24) is 0 Å². The molecule has 2 aromatic rings. The zero-order valence-electron chi connectivity index (χ0n) is 11.0. The van der Waals surface area contributed by atoms with Crippen molar-refractivity contribution in [1.29, 1.82) is 0 Å². The second kappa shape index (κ2) is 5.13. The number of hydrogen-bond donors (Lipinski definition) is 1. The molecule has 104 valence electrons. The van der Waals surface area contributed by atoms with Crippen molar-refractivity contribution < 1.29 is 14.2 Å². The molecule has 0 bridgehead atoms. The number of ether oxygens (including phenoxy) is 3. The predicted molar refractivity (Wildman–Crippen MR) is 78.1 cm³/mol. The van der Waals surface area contributed by atoms with Crippen molar-refractivity contribution in [3.63, 3.8) is 0 Å². The minimum Gasteiger partial charge on any atom is -0.486 e. The first-order chi connectivity index (χ1) is 9.63. The Labute approximate surface area is 122 Å². The normalized spacial score (nSPS) is 13.1. The quantitative estimate of drug-likeness (QED) is 0.855. The van der Waals surface area contributed by atoms with E-state index < -0.39 is 0 Å². The van der Waals surface area contributed by atoms with E-state index in [0.29, 0.717) is 46.9 Å². The Morgan fingerprint density at radius 1 is 1.10 bits per heavy atom. The number of anilines is 1. The number of nitrogens with two attached hydrogens (primary N) is 1. The molecule has 0 aliphatic carbocycles. The van der Waals surface area contributed by atoms with Crippen LogP contribution in [0.5, 0.6) is 23.0 Å². The number of aryl methyl sites for hydroxylation is 1. The van der Waals surface area contributed by atoms with Crippen LogP contribution in [0.2, 0.25) is 5.02 Å². The molecule has 1 aliphatic heterocycles. The average Bonchev–Trinajstić information content (AvgIpc) is 2.44. The van der Waals surface area contributed by atoms with Gasteiger partial charge in [0, 0.05) is 17.2 Å². The average molecular weight is 292 g/mol. The highest BCUT2D eigenvalue weighted by molar-refractivity contribution is 6.31. The Bertz CT molecular complexity index is 658. The summed E-state index contributed by atoms with van der Waals surface area (Å²) in [4.78, 5) is 0. The van der Waals surface area contributed by atoms with Gasteiger partial charge in [0.1, 0.15) is 19.0 Å². The van der Waals surface area contributed by atoms with Crippen LogP contribution >= 0.6 is 11.6 Å². The number of hydrogen-bond acceptors (Lipinski definition) is 4. The van der Waals surface area contributed by atoms with E-state index in [0.717, 1.165) is 5.56 Å². The van der Waals surface area contributed by atoms with E-state index in [1.807, 2.05) is 13.0 Å². The molecule has 20 heavy (non-hydrogen) atoms. The van der Waals surface area contributed by atoms with Crippen LogP contribution in [0.25, 0.3) is 0 Å². The van der Waals surface area contributed by atoms with Gasteiger partial charge in [0.2, 0.25) is 0 Å². The van der Waals surface area contributed by atoms with Crippen LogP contribution in [0.3, 0.4) is 0 Å². The summed E-state index contributed by atoms with van der Waals surface area (Å²) in [6, 6.07) is 8.91. The highest BCUT2D eigenvalue weighted by atomic mass is 35.5. The van der Waals surface area contributed by atoms with Crippen LogP contribution in [-0.2, 0) is 0 Å². The lowest BCUT2D eigenvalue weighted by atomic mass is 10.2. The summed E-state index contributed by atoms with van der Waals surface area (Å²) in [6.07, 6.45) is 0. The van der Waals surface area contributed by atoms with Gasteiger partial charge in [-0.05, 0) is 30.7 Å². The lowest BCUT2D eigenvalue weighted by Gasteiger charge is -2.20. The molecule has 3 rings (SSSR count). The molecule has 0 saturated carbocycles. The van der Waals surface area contributed by atoms with Crippen LogP contribution in [0.4, 0.5) is 5.69 Å². The Hall–Kier alpha value is -2.07. The monoisotopic (exact) mass is 291 g/mol. The third kappa shape index (κ3) is 2.47. The predicted octanol–water partition coefficient (Wildman–Crippen LogP) is 3.79.